The highest BCUT2D eigenvalue weighted by Crippen LogP contribution is 2.30. The number of benzene rings is 1. The lowest BCUT2D eigenvalue weighted by molar-refractivity contribution is -0.123. The van der Waals surface area contributed by atoms with E-state index in [1.54, 1.807) is 0 Å². The van der Waals surface area contributed by atoms with Crippen LogP contribution in [0.4, 0.5) is 0 Å². The van der Waals surface area contributed by atoms with Gasteiger partial charge in [0.05, 0.1) is 6.10 Å². The summed E-state index contributed by atoms with van der Waals surface area (Å²) >= 11 is 2.23. The Hall–Kier alpha value is -0.680. The molecule has 1 aromatic rings. The zero-order chi connectivity index (χ0) is 13.8. The van der Waals surface area contributed by atoms with Gasteiger partial charge in [-0.05, 0) is 60.4 Å². The van der Waals surface area contributed by atoms with E-state index in [0.717, 1.165) is 22.0 Å². The van der Waals surface area contributed by atoms with Gasteiger partial charge in [-0.2, -0.15) is 0 Å². The van der Waals surface area contributed by atoms with Crippen LogP contribution in [0.2, 0.25) is 0 Å². The molecule has 19 heavy (non-hydrogen) atoms. The Morgan fingerprint density at radius 2 is 2.11 bits per heavy atom. The van der Waals surface area contributed by atoms with Crippen molar-refractivity contribution in [3.05, 3.63) is 45.0 Å². The third-order valence-electron chi connectivity index (χ3n) is 3.74. The monoisotopic (exact) mass is 370 g/mol. The number of hydrogen-bond acceptors (Lipinski definition) is 2. The lowest BCUT2D eigenvalue weighted by Gasteiger charge is -2.18. The van der Waals surface area contributed by atoms with Crippen LogP contribution in [-0.4, -0.2) is 10.9 Å². The van der Waals surface area contributed by atoms with Gasteiger partial charge in [0.2, 0.25) is 0 Å². The Bertz CT molecular complexity index is 493. The van der Waals surface area contributed by atoms with Crippen LogP contribution in [0.25, 0.3) is 0 Å². The quantitative estimate of drug-likeness (QED) is 0.644. The van der Waals surface area contributed by atoms with Gasteiger partial charge in [0, 0.05) is 15.9 Å². The second kappa shape index (κ2) is 6.66. The van der Waals surface area contributed by atoms with Gasteiger partial charge in [-0.15, -0.1) is 0 Å². The molecule has 1 aliphatic rings. The van der Waals surface area contributed by atoms with Crippen LogP contribution in [0.3, 0.4) is 0 Å². The standard InChI is InChI=1S/C16H19IO2/c1-11-6-8-12(15(18)9-7-11)10-16(19)13-4-2-3-5-14(13)17/h2-6,12,16,19H,7-10H2,1H3. The number of Topliss-reactive ketones (excluding diaryl/α,β-unsaturated/α-hetero) is 1. The van der Waals surface area contributed by atoms with E-state index in [1.807, 2.05) is 24.3 Å². The summed E-state index contributed by atoms with van der Waals surface area (Å²) < 4.78 is 1.06. The highest BCUT2D eigenvalue weighted by Gasteiger charge is 2.24. The number of allylic oxidation sites excluding steroid dienone is 2. The molecule has 2 unspecified atom stereocenters. The molecule has 0 heterocycles. The van der Waals surface area contributed by atoms with E-state index < -0.39 is 6.10 Å². The second-order valence-corrected chi connectivity index (χ2v) is 6.38. The van der Waals surface area contributed by atoms with Crippen molar-refractivity contribution >= 4 is 28.4 Å². The normalized spacial score (nSPS) is 21.7. The van der Waals surface area contributed by atoms with Crippen molar-refractivity contribution in [1.29, 1.82) is 0 Å². The maximum absolute atomic E-state index is 12.1. The fourth-order valence-corrected chi connectivity index (χ4v) is 3.22. The van der Waals surface area contributed by atoms with Crippen molar-refractivity contribution in [3.63, 3.8) is 0 Å². The van der Waals surface area contributed by atoms with Crippen molar-refractivity contribution in [1.82, 2.24) is 0 Å². The molecule has 1 N–H and O–H groups in total. The van der Waals surface area contributed by atoms with Crippen LogP contribution in [0.1, 0.15) is 44.3 Å². The first-order valence-corrected chi connectivity index (χ1v) is 7.76. The zero-order valence-corrected chi connectivity index (χ0v) is 13.3. The Balaban J connectivity index is 2.08. The molecule has 0 spiro atoms. The highest BCUT2D eigenvalue weighted by atomic mass is 127. The molecule has 1 aromatic carbocycles. The minimum absolute atomic E-state index is 0.0385. The zero-order valence-electron chi connectivity index (χ0n) is 11.1. The molecule has 0 aromatic heterocycles. The summed E-state index contributed by atoms with van der Waals surface area (Å²) in [7, 11) is 0. The molecule has 2 nitrogen and oxygen atoms in total. The van der Waals surface area contributed by atoms with Crippen molar-refractivity contribution in [2.75, 3.05) is 0 Å². The van der Waals surface area contributed by atoms with Crippen molar-refractivity contribution in [3.8, 4) is 0 Å². The molecule has 0 radical (unpaired) electrons. The Labute approximate surface area is 128 Å². The minimum atomic E-state index is -0.547. The number of halogens is 1. The van der Waals surface area contributed by atoms with Crippen LogP contribution in [0, 0.1) is 9.49 Å². The van der Waals surface area contributed by atoms with Gasteiger partial charge in [-0.3, -0.25) is 4.79 Å². The lowest BCUT2D eigenvalue weighted by atomic mass is 9.90. The number of hydrogen-bond donors (Lipinski definition) is 1. The van der Waals surface area contributed by atoms with Crippen LogP contribution >= 0.6 is 22.6 Å². The van der Waals surface area contributed by atoms with E-state index in [-0.39, 0.29) is 11.7 Å². The first kappa shape index (κ1) is 14.7. The number of carbonyl (C=O) groups is 1. The Morgan fingerprint density at radius 1 is 1.37 bits per heavy atom. The summed E-state index contributed by atoms with van der Waals surface area (Å²) in [5.74, 6) is 0.251. The van der Waals surface area contributed by atoms with Gasteiger partial charge < -0.3 is 5.11 Å². The molecule has 3 heteroatoms. The molecule has 0 saturated heterocycles. The number of aliphatic hydroxyl groups excluding tert-OH is 1. The van der Waals surface area contributed by atoms with E-state index in [4.69, 9.17) is 0 Å². The molecular weight excluding hydrogens is 351 g/mol. The number of ketones is 1. The minimum Gasteiger partial charge on any atom is -0.388 e. The lowest BCUT2D eigenvalue weighted by Crippen LogP contribution is -2.16. The van der Waals surface area contributed by atoms with Gasteiger partial charge in [-0.25, -0.2) is 0 Å². The van der Waals surface area contributed by atoms with Gasteiger partial charge in [0.1, 0.15) is 5.78 Å². The first-order valence-electron chi connectivity index (χ1n) is 6.68. The van der Waals surface area contributed by atoms with Crippen molar-refractivity contribution in [2.45, 2.75) is 38.7 Å². The van der Waals surface area contributed by atoms with E-state index in [0.29, 0.717) is 12.8 Å². The molecule has 0 fully saturated rings. The molecular formula is C16H19IO2. The summed E-state index contributed by atoms with van der Waals surface area (Å²) in [6, 6.07) is 7.81. The topological polar surface area (TPSA) is 37.3 Å². The summed E-state index contributed by atoms with van der Waals surface area (Å²) in [5.41, 5.74) is 2.22. The van der Waals surface area contributed by atoms with E-state index in [9.17, 15) is 9.90 Å². The number of carbonyl (C=O) groups excluding carboxylic acids is 1. The van der Waals surface area contributed by atoms with Gasteiger partial charge in [0.15, 0.2) is 0 Å². The molecule has 102 valence electrons. The summed E-state index contributed by atoms with van der Waals surface area (Å²) in [6.45, 7) is 2.08. The Kier molecular flexibility index (Phi) is 5.16. The van der Waals surface area contributed by atoms with Crippen molar-refractivity contribution in [2.24, 2.45) is 5.92 Å². The SMILES string of the molecule is CC1=CCC(CC(O)c2ccccc2I)C(=O)CC1. The third kappa shape index (κ3) is 3.89. The molecule has 2 atom stereocenters. The summed E-state index contributed by atoms with van der Waals surface area (Å²) in [5, 5.41) is 10.4. The second-order valence-electron chi connectivity index (χ2n) is 5.22. The van der Waals surface area contributed by atoms with Crippen LogP contribution in [-0.2, 0) is 4.79 Å². The maximum atomic E-state index is 12.1. The van der Waals surface area contributed by atoms with Gasteiger partial charge >= 0.3 is 0 Å². The predicted molar refractivity (Wildman–Crippen MR) is 84.8 cm³/mol. The fraction of sp³-hybridized carbons (Fsp3) is 0.438. The van der Waals surface area contributed by atoms with E-state index in [1.165, 1.54) is 5.57 Å². The summed E-state index contributed by atoms with van der Waals surface area (Å²) in [4.78, 5) is 12.1. The molecule has 0 bridgehead atoms. The van der Waals surface area contributed by atoms with Crippen molar-refractivity contribution < 1.29 is 9.90 Å². The number of rotatable bonds is 3. The average Bonchev–Trinajstić information content (AvgIpc) is 2.54. The van der Waals surface area contributed by atoms with Crippen LogP contribution < -0.4 is 0 Å². The summed E-state index contributed by atoms with van der Waals surface area (Å²) in [6.07, 6.45) is 4.39. The molecule has 0 aliphatic heterocycles. The smallest absolute Gasteiger partial charge is 0.136 e. The molecule has 0 amide bonds. The predicted octanol–water partition coefficient (Wildman–Crippen LogP) is 4.03. The average molecular weight is 370 g/mol. The third-order valence-corrected chi connectivity index (χ3v) is 4.73. The maximum Gasteiger partial charge on any atom is 0.136 e. The van der Waals surface area contributed by atoms with E-state index in [2.05, 4.69) is 35.6 Å². The van der Waals surface area contributed by atoms with Crippen LogP contribution in [0.5, 0.6) is 0 Å². The Morgan fingerprint density at radius 3 is 2.84 bits per heavy atom. The van der Waals surface area contributed by atoms with Gasteiger partial charge in [0.25, 0.3) is 0 Å². The van der Waals surface area contributed by atoms with Crippen LogP contribution in [0.15, 0.2) is 35.9 Å². The van der Waals surface area contributed by atoms with Gasteiger partial charge in [-0.1, -0.05) is 29.8 Å². The first-order chi connectivity index (χ1) is 9.08. The molecule has 2 rings (SSSR count). The highest BCUT2D eigenvalue weighted by molar-refractivity contribution is 14.1. The largest absolute Gasteiger partial charge is 0.388 e. The molecule has 1 aliphatic carbocycles. The fourth-order valence-electron chi connectivity index (χ4n) is 2.47. The number of aliphatic hydroxyl groups is 1. The van der Waals surface area contributed by atoms with E-state index >= 15 is 0 Å². The molecule has 0 saturated carbocycles.